The first-order valence-corrected chi connectivity index (χ1v) is 5.31. The highest BCUT2D eigenvalue weighted by atomic mass is 16.5. The van der Waals surface area contributed by atoms with Crippen LogP contribution >= 0.6 is 0 Å². The smallest absolute Gasteiger partial charge is 0.243 e. The van der Waals surface area contributed by atoms with Crippen LogP contribution in [0.25, 0.3) is 11.4 Å². The zero-order chi connectivity index (χ0) is 11.4. The summed E-state index contributed by atoms with van der Waals surface area (Å²) in [5, 5.41) is 3.90. The molecule has 5 heteroatoms. The molecule has 16 heavy (non-hydrogen) atoms. The maximum atomic E-state index is 5.89. The molecule has 0 amide bonds. The summed E-state index contributed by atoms with van der Waals surface area (Å²) in [7, 11) is 0. The van der Waals surface area contributed by atoms with Gasteiger partial charge in [-0.3, -0.25) is 4.98 Å². The summed E-state index contributed by atoms with van der Waals surface area (Å²) < 4.78 is 5.13. The summed E-state index contributed by atoms with van der Waals surface area (Å²) in [6, 6.07) is 3.49. The Kier molecular flexibility index (Phi) is 3.26. The zero-order valence-electron chi connectivity index (χ0n) is 9.13. The molecular weight excluding hydrogens is 204 g/mol. The number of nitrogens with zero attached hydrogens (tertiary/aromatic N) is 3. The highest BCUT2D eigenvalue weighted by Crippen LogP contribution is 2.18. The van der Waals surface area contributed by atoms with Gasteiger partial charge >= 0.3 is 0 Å². The van der Waals surface area contributed by atoms with Crippen LogP contribution in [0.5, 0.6) is 0 Å². The summed E-state index contributed by atoms with van der Waals surface area (Å²) in [4.78, 5) is 8.20. The van der Waals surface area contributed by atoms with Gasteiger partial charge in [-0.05, 0) is 18.6 Å². The van der Waals surface area contributed by atoms with Gasteiger partial charge in [-0.2, -0.15) is 4.98 Å². The van der Waals surface area contributed by atoms with Crippen LogP contribution in [0.2, 0.25) is 0 Å². The van der Waals surface area contributed by atoms with Crippen molar-refractivity contribution in [1.82, 2.24) is 15.1 Å². The van der Waals surface area contributed by atoms with Crippen molar-refractivity contribution >= 4 is 0 Å². The van der Waals surface area contributed by atoms with Crippen molar-refractivity contribution in [3.8, 4) is 11.4 Å². The van der Waals surface area contributed by atoms with Gasteiger partial charge in [0.05, 0.1) is 6.04 Å². The molecule has 0 saturated heterocycles. The third-order valence-corrected chi connectivity index (χ3v) is 2.30. The molecule has 0 spiro atoms. The molecule has 0 fully saturated rings. The molecule has 2 aromatic heterocycles. The summed E-state index contributed by atoms with van der Waals surface area (Å²) in [5.74, 6) is 1.05. The van der Waals surface area contributed by atoms with Crippen LogP contribution in [0.1, 0.15) is 31.7 Å². The van der Waals surface area contributed by atoms with Crippen LogP contribution < -0.4 is 5.73 Å². The van der Waals surface area contributed by atoms with E-state index >= 15 is 0 Å². The largest absolute Gasteiger partial charge is 0.337 e. The van der Waals surface area contributed by atoms with E-state index in [0.29, 0.717) is 11.7 Å². The van der Waals surface area contributed by atoms with E-state index in [4.69, 9.17) is 10.3 Å². The Morgan fingerprint density at radius 3 is 2.81 bits per heavy atom. The second-order valence-corrected chi connectivity index (χ2v) is 3.59. The summed E-state index contributed by atoms with van der Waals surface area (Å²) in [6.07, 6.45) is 5.22. The van der Waals surface area contributed by atoms with Gasteiger partial charge in [0.25, 0.3) is 0 Å². The van der Waals surface area contributed by atoms with E-state index < -0.39 is 0 Å². The third-order valence-electron chi connectivity index (χ3n) is 2.30. The number of hydrogen-bond acceptors (Lipinski definition) is 5. The quantitative estimate of drug-likeness (QED) is 0.848. The molecule has 0 aromatic carbocycles. The van der Waals surface area contributed by atoms with E-state index in [-0.39, 0.29) is 6.04 Å². The van der Waals surface area contributed by atoms with Crippen molar-refractivity contribution in [1.29, 1.82) is 0 Å². The molecule has 0 aliphatic heterocycles. The van der Waals surface area contributed by atoms with Gasteiger partial charge in [0.1, 0.15) is 0 Å². The minimum absolute atomic E-state index is 0.173. The fourth-order valence-corrected chi connectivity index (χ4v) is 1.44. The average Bonchev–Trinajstić information content (AvgIpc) is 2.80. The van der Waals surface area contributed by atoms with E-state index in [1.165, 1.54) is 0 Å². The first kappa shape index (κ1) is 10.8. The Balaban J connectivity index is 2.20. The second kappa shape index (κ2) is 4.85. The molecule has 0 aliphatic rings. The Bertz CT molecular complexity index is 440. The van der Waals surface area contributed by atoms with Crippen molar-refractivity contribution in [2.45, 2.75) is 25.8 Å². The highest BCUT2D eigenvalue weighted by Gasteiger charge is 2.14. The molecule has 2 heterocycles. The lowest BCUT2D eigenvalue weighted by molar-refractivity contribution is 0.348. The number of nitrogens with two attached hydrogens (primary N) is 1. The Labute approximate surface area is 93.7 Å². The Hall–Kier alpha value is -1.75. The summed E-state index contributed by atoms with van der Waals surface area (Å²) >= 11 is 0. The van der Waals surface area contributed by atoms with E-state index in [1.54, 1.807) is 12.4 Å². The van der Waals surface area contributed by atoms with E-state index in [9.17, 15) is 0 Å². The molecule has 2 rings (SSSR count). The van der Waals surface area contributed by atoms with Gasteiger partial charge in [-0.15, -0.1) is 0 Å². The normalized spacial score (nSPS) is 12.6. The Morgan fingerprint density at radius 1 is 1.38 bits per heavy atom. The van der Waals surface area contributed by atoms with Crippen LogP contribution in [0.4, 0.5) is 0 Å². The Morgan fingerprint density at radius 2 is 2.12 bits per heavy atom. The van der Waals surface area contributed by atoms with E-state index in [1.807, 2.05) is 12.1 Å². The summed E-state index contributed by atoms with van der Waals surface area (Å²) in [5.41, 5.74) is 6.77. The van der Waals surface area contributed by atoms with Crippen LogP contribution in [0, 0.1) is 0 Å². The number of aromatic nitrogens is 3. The molecular formula is C11H14N4O. The van der Waals surface area contributed by atoms with Crippen LogP contribution in [-0.2, 0) is 0 Å². The molecule has 0 aliphatic carbocycles. The molecule has 2 N–H and O–H groups in total. The van der Waals surface area contributed by atoms with Crippen LogP contribution in [-0.4, -0.2) is 15.1 Å². The van der Waals surface area contributed by atoms with Crippen molar-refractivity contribution in [2.75, 3.05) is 0 Å². The van der Waals surface area contributed by atoms with Gasteiger partial charge in [0.2, 0.25) is 11.7 Å². The van der Waals surface area contributed by atoms with Crippen molar-refractivity contribution in [3.63, 3.8) is 0 Å². The second-order valence-electron chi connectivity index (χ2n) is 3.59. The molecule has 0 unspecified atom stereocenters. The fraction of sp³-hybridized carbons (Fsp3) is 0.364. The van der Waals surface area contributed by atoms with E-state index in [2.05, 4.69) is 22.0 Å². The standard InChI is InChI=1S/C11H14N4O/c1-2-3-9(12)11-14-10(15-16-11)8-4-6-13-7-5-8/h4-7,9H,2-3,12H2,1H3/t9-/m0/s1. The average molecular weight is 218 g/mol. The fourth-order valence-electron chi connectivity index (χ4n) is 1.44. The summed E-state index contributed by atoms with van der Waals surface area (Å²) in [6.45, 7) is 2.07. The molecule has 5 nitrogen and oxygen atoms in total. The minimum atomic E-state index is -0.173. The van der Waals surface area contributed by atoms with Crippen molar-refractivity contribution in [3.05, 3.63) is 30.4 Å². The lowest BCUT2D eigenvalue weighted by Crippen LogP contribution is -2.09. The molecule has 0 radical (unpaired) electrons. The first-order chi connectivity index (χ1) is 7.81. The van der Waals surface area contributed by atoms with Gasteiger partial charge in [-0.1, -0.05) is 18.5 Å². The predicted octanol–water partition coefficient (Wildman–Crippen LogP) is 1.93. The van der Waals surface area contributed by atoms with Gasteiger partial charge < -0.3 is 10.3 Å². The maximum Gasteiger partial charge on any atom is 0.243 e. The maximum absolute atomic E-state index is 5.89. The van der Waals surface area contributed by atoms with Gasteiger partial charge in [0, 0.05) is 18.0 Å². The van der Waals surface area contributed by atoms with E-state index in [0.717, 1.165) is 18.4 Å². The SMILES string of the molecule is CCC[C@H](N)c1nc(-c2ccncc2)no1. The third kappa shape index (κ3) is 2.25. The molecule has 0 saturated carbocycles. The zero-order valence-corrected chi connectivity index (χ0v) is 9.13. The van der Waals surface area contributed by atoms with Crippen LogP contribution in [0.3, 0.4) is 0 Å². The van der Waals surface area contributed by atoms with Gasteiger partial charge in [-0.25, -0.2) is 0 Å². The molecule has 0 bridgehead atoms. The van der Waals surface area contributed by atoms with Crippen LogP contribution in [0.15, 0.2) is 29.0 Å². The lowest BCUT2D eigenvalue weighted by Gasteiger charge is -2.02. The molecule has 1 atom stereocenters. The minimum Gasteiger partial charge on any atom is -0.337 e. The van der Waals surface area contributed by atoms with Gasteiger partial charge in [0.15, 0.2) is 0 Å². The number of rotatable bonds is 4. The van der Waals surface area contributed by atoms with Crippen molar-refractivity contribution < 1.29 is 4.52 Å². The highest BCUT2D eigenvalue weighted by molar-refractivity contribution is 5.52. The molecule has 84 valence electrons. The first-order valence-electron chi connectivity index (χ1n) is 5.31. The molecule has 2 aromatic rings. The van der Waals surface area contributed by atoms with Crippen molar-refractivity contribution in [2.24, 2.45) is 5.73 Å². The number of pyridine rings is 1. The topological polar surface area (TPSA) is 77.8 Å². The number of hydrogen-bond donors (Lipinski definition) is 1. The monoisotopic (exact) mass is 218 g/mol. The lowest BCUT2D eigenvalue weighted by atomic mass is 10.2. The predicted molar refractivity (Wildman–Crippen MR) is 59.4 cm³/mol.